The maximum atomic E-state index is 12.8. The fourth-order valence-corrected chi connectivity index (χ4v) is 4.16. The quantitative estimate of drug-likeness (QED) is 0.253. The molecule has 1 heterocycles. The number of ether oxygens (including phenoxy) is 1. The third kappa shape index (κ3) is 6.30. The van der Waals surface area contributed by atoms with Gasteiger partial charge >= 0.3 is 0 Å². The predicted molar refractivity (Wildman–Crippen MR) is 136 cm³/mol. The molecule has 0 radical (unpaired) electrons. The van der Waals surface area contributed by atoms with E-state index in [9.17, 15) is 4.79 Å². The topological polar surface area (TPSA) is 56.2 Å². The Morgan fingerprint density at radius 3 is 2.58 bits per heavy atom. The first kappa shape index (κ1) is 23.6. The van der Waals surface area contributed by atoms with Gasteiger partial charge in [0.1, 0.15) is 12.4 Å². The van der Waals surface area contributed by atoms with Crippen LogP contribution in [0.4, 0.5) is 5.82 Å². The molecule has 3 aromatic carbocycles. The summed E-state index contributed by atoms with van der Waals surface area (Å²) in [5, 5.41) is 9.01. The van der Waals surface area contributed by atoms with Crippen molar-refractivity contribution in [3.05, 3.63) is 109 Å². The molecular weight excluding hydrogens is 549 g/mol. The molecule has 0 bridgehead atoms. The second-order valence-corrected chi connectivity index (χ2v) is 9.29. The Hall–Kier alpha value is -2.51. The van der Waals surface area contributed by atoms with Crippen LogP contribution in [0.1, 0.15) is 21.5 Å². The lowest BCUT2D eigenvalue weighted by Gasteiger charge is -2.08. The lowest BCUT2D eigenvalue weighted by molar-refractivity contribution is 0.102. The first-order valence-electron chi connectivity index (χ1n) is 9.83. The number of hydrogen-bond donors (Lipinski definition) is 1. The summed E-state index contributed by atoms with van der Waals surface area (Å²) in [6.07, 6.45) is 1.77. The fourth-order valence-electron chi connectivity index (χ4n) is 3.09. The predicted octanol–water partition coefficient (Wildman–Crippen LogP) is 7.49. The summed E-state index contributed by atoms with van der Waals surface area (Å²) in [7, 11) is 0. The van der Waals surface area contributed by atoms with Gasteiger partial charge in [0.2, 0.25) is 0 Å². The zero-order valence-electron chi connectivity index (χ0n) is 17.1. The molecule has 0 unspecified atom stereocenters. The van der Waals surface area contributed by atoms with Gasteiger partial charge in [0.25, 0.3) is 5.91 Å². The van der Waals surface area contributed by atoms with Crippen LogP contribution in [0.3, 0.4) is 0 Å². The van der Waals surface area contributed by atoms with Crippen LogP contribution < -0.4 is 10.1 Å². The van der Waals surface area contributed by atoms with E-state index in [2.05, 4.69) is 26.3 Å². The summed E-state index contributed by atoms with van der Waals surface area (Å²) in [6, 6.07) is 19.7. The molecule has 0 saturated heterocycles. The second-order valence-electron chi connectivity index (χ2n) is 7.16. The van der Waals surface area contributed by atoms with Crippen molar-refractivity contribution < 1.29 is 9.53 Å². The van der Waals surface area contributed by atoms with Crippen LogP contribution in [0.25, 0.3) is 0 Å². The molecule has 1 aromatic heterocycles. The fraction of sp³-hybridized carbons (Fsp3) is 0.0833. The molecule has 0 aliphatic heterocycles. The number of nitrogens with zero attached hydrogens (tertiary/aromatic N) is 2. The molecule has 0 aliphatic rings. The van der Waals surface area contributed by atoms with Crippen molar-refractivity contribution >= 4 is 62.5 Å². The number of carbonyl (C=O) groups excluding carboxylic acids is 1. The maximum Gasteiger partial charge on any atom is 0.256 e. The minimum atomic E-state index is -0.282. The van der Waals surface area contributed by atoms with Crippen molar-refractivity contribution in [1.29, 1.82) is 0 Å². The molecule has 5 nitrogen and oxygen atoms in total. The molecule has 0 fully saturated rings. The number of halogens is 4. The number of aromatic nitrogens is 2. The van der Waals surface area contributed by atoms with Gasteiger partial charge in [-0.25, -0.2) is 0 Å². The highest BCUT2D eigenvalue weighted by molar-refractivity contribution is 9.10. The Morgan fingerprint density at radius 2 is 1.79 bits per heavy atom. The van der Waals surface area contributed by atoms with Crippen LogP contribution in [0, 0.1) is 0 Å². The summed E-state index contributed by atoms with van der Waals surface area (Å²) in [5.74, 6) is 0.786. The van der Waals surface area contributed by atoms with E-state index in [1.54, 1.807) is 47.3 Å². The van der Waals surface area contributed by atoms with Crippen LogP contribution in [0.15, 0.2) is 77.4 Å². The molecule has 0 spiro atoms. The Morgan fingerprint density at radius 1 is 1.00 bits per heavy atom. The van der Waals surface area contributed by atoms with Crippen LogP contribution >= 0.6 is 50.7 Å². The molecule has 4 rings (SSSR count). The highest BCUT2D eigenvalue weighted by Gasteiger charge is 2.14. The third-order valence-corrected chi connectivity index (χ3v) is 6.09. The SMILES string of the molecule is O=C(Nc1nn(Cc2ccc(Cl)cc2Cl)cc1Br)c1cccc(COc2cccc(Cl)c2)c1. The maximum absolute atomic E-state index is 12.8. The van der Waals surface area contributed by atoms with Gasteiger partial charge < -0.3 is 10.1 Å². The van der Waals surface area contributed by atoms with Crippen LogP contribution in [0.2, 0.25) is 15.1 Å². The van der Waals surface area contributed by atoms with E-state index in [4.69, 9.17) is 39.5 Å². The number of rotatable bonds is 7. The number of carbonyl (C=O) groups is 1. The smallest absolute Gasteiger partial charge is 0.256 e. The molecule has 4 aromatic rings. The van der Waals surface area contributed by atoms with Crippen LogP contribution in [-0.4, -0.2) is 15.7 Å². The summed E-state index contributed by atoms with van der Waals surface area (Å²) in [5.41, 5.74) is 2.20. The minimum Gasteiger partial charge on any atom is -0.489 e. The molecule has 0 saturated carbocycles. The molecule has 168 valence electrons. The van der Waals surface area contributed by atoms with E-state index in [1.807, 2.05) is 30.3 Å². The van der Waals surface area contributed by atoms with Gasteiger partial charge in [-0.2, -0.15) is 5.10 Å². The zero-order chi connectivity index (χ0) is 23.4. The second kappa shape index (κ2) is 10.6. The summed E-state index contributed by atoms with van der Waals surface area (Å²) in [4.78, 5) is 12.8. The molecule has 0 atom stereocenters. The van der Waals surface area contributed by atoms with Crippen molar-refractivity contribution in [1.82, 2.24) is 9.78 Å². The van der Waals surface area contributed by atoms with Crippen molar-refractivity contribution in [3.8, 4) is 5.75 Å². The molecule has 1 N–H and O–H groups in total. The average molecular weight is 566 g/mol. The largest absolute Gasteiger partial charge is 0.489 e. The van der Waals surface area contributed by atoms with E-state index >= 15 is 0 Å². The average Bonchev–Trinajstić information content (AvgIpc) is 3.13. The lowest BCUT2D eigenvalue weighted by atomic mass is 10.1. The Bertz CT molecular complexity index is 1310. The Kier molecular flexibility index (Phi) is 7.60. The number of nitrogens with one attached hydrogen (secondary N) is 1. The monoisotopic (exact) mass is 563 g/mol. The Labute approximate surface area is 214 Å². The van der Waals surface area contributed by atoms with Gasteiger partial charge in [-0.3, -0.25) is 9.48 Å². The van der Waals surface area contributed by atoms with Crippen LogP contribution in [-0.2, 0) is 13.2 Å². The normalized spacial score (nSPS) is 10.8. The highest BCUT2D eigenvalue weighted by Crippen LogP contribution is 2.25. The first-order valence-corrected chi connectivity index (χ1v) is 11.8. The number of amides is 1. The van der Waals surface area contributed by atoms with E-state index < -0.39 is 0 Å². The molecular formula is C24H17BrCl3N3O2. The van der Waals surface area contributed by atoms with Crippen molar-refractivity contribution in [3.63, 3.8) is 0 Å². The highest BCUT2D eigenvalue weighted by atomic mass is 79.9. The summed E-state index contributed by atoms with van der Waals surface area (Å²) in [6.45, 7) is 0.739. The molecule has 0 aliphatic carbocycles. The number of benzene rings is 3. The first-order chi connectivity index (χ1) is 15.9. The molecule has 1 amide bonds. The van der Waals surface area contributed by atoms with Crippen molar-refractivity contribution in [2.45, 2.75) is 13.2 Å². The van der Waals surface area contributed by atoms with Crippen molar-refractivity contribution in [2.24, 2.45) is 0 Å². The van der Waals surface area contributed by atoms with Gasteiger partial charge in [-0.15, -0.1) is 0 Å². The molecule has 33 heavy (non-hydrogen) atoms. The van der Waals surface area contributed by atoms with E-state index in [0.717, 1.165) is 11.1 Å². The van der Waals surface area contributed by atoms with E-state index in [-0.39, 0.29) is 5.91 Å². The number of anilines is 1. The zero-order valence-corrected chi connectivity index (χ0v) is 20.9. The van der Waals surface area contributed by atoms with Gasteiger partial charge in [-0.1, -0.05) is 59.1 Å². The van der Waals surface area contributed by atoms with Crippen LogP contribution in [0.5, 0.6) is 5.75 Å². The number of hydrogen-bond acceptors (Lipinski definition) is 3. The van der Waals surface area contributed by atoms with Gasteiger partial charge in [0.05, 0.1) is 11.0 Å². The standard InChI is InChI=1S/C24H17BrCl3N3O2/c25-21-13-31(12-17-7-8-19(27)11-22(17)28)30-23(21)29-24(32)16-4-1-3-15(9-16)14-33-20-6-2-5-18(26)10-20/h1-11,13H,12,14H2,(H,29,30,32). The summed E-state index contributed by atoms with van der Waals surface area (Å²) >= 11 is 21.6. The van der Waals surface area contributed by atoms with Crippen molar-refractivity contribution in [2.75, 3.05) is 5.32 Å². The third-order valence-electron chi connectivity index (χ3n) is 4.69. The van der Waals surface area contributed by atoms with Gasteiger partial charge in [0, 0.05) is 26.8 Å². The molecule has 9 heteroatoms. The summed E-state index contributed by atoms with van der Waals surface area (Å²) < 4.78 is 8.10. The van der Waals surface area contributed by atoms with Gasteiger partial charge in [0.15, 0.2) is 5.82 Å². The minimum absolute atomic E-state index is 0.282. The van der Waals surface area contributed by atoms with E-state index in [0.29, 0.717) is 49.8 Å². The van der Waals surface area contributed by atoms with Gasteiger partial charge in [-0.05, 0) is 69.5 Å². The van der Waals surface area contributed by atoms with E-state index in [1.165, 1.54) is 0 Å². The Balaban J connectivity index is 1.42. The lowest BCUT2D eigenvalue weighted by Crippen LogP contribution is -2.13.